The average molecular weight is 260 g/mol. The summed E-state index contributed by atoms with van der Waals surface area (Å²) in [5, 5.41) is 0. The Labute approximate surface area is 113 Å². The number of carbonyl (C=O) groups excluding carboxylic acids is 2. The summed E-state index contributed by atoms with van der Waals surface area (Å²) < 4.78 is 0. The van der Waals surface area contributed by atoms with Crippen molar-refractivity contribution in [3.63, 3.8) is 0 Å². The SMILES string of the molecule is O=C(CCC1CCCC1)NNC(=O)c1ccccc1. The van der Waals surface area contributed by atoms with Crippen LogP contribution in [0.1, 0.15) is 48.9 Å². The number of rotatable bonds is 4. The summed E-state index contributed by atoms with van der Waals surface area (Å²) in [5.41, 5.74) is 5.44. The van der Waals surface area contributed by atoms with Gasteiger partial charge >= 0.3 is 0 Å². The molecule has 1 aromatic rings. The molecule has 0 atom stereocenters. The Morgan fingerprint density at radius 1 is 1.05 bits per heavy atom. The van der Waals surface area contributed by atoms with Gasteiger partial charge in [0.05, 0.1) is 0 Å². The predicted octanol–water partition coefficient (Wildman–Crippen LogP) is 2.42. The third-order valence-corrected chi connectivity index (χ3v) is 3.61. The van der Waals surface area contributed by atoms with Gasteiger partial charge < -0.3 is 0 Å². The van der Waals surface area contributed by atoms with Crippen molar-refractivity contribution in [3.8, 4) is 0 Å². The van der Waals surface area contributed by atoms with Crippen molar-refractivity contribution in [2.75, 3.05) is 0 Å². The number of amides is 2. The fraction of sp³-hybridized carbons (Fsp3) is 0.467. The van der Waals surface area contributed by atoms with Gasteiger partial charge in [-0.3, -0.25) is 20.4 Å². The van der Waals surface area contributed by atoms with Crippen molar-refractivity contribution in [2.24, 2.45) is 5.92 Å². The van der Waals surface area contributed by atoms with E-state index >= 15 is 0 Å². The summed E-state index contributed by atoms with van der Waals surface area (Å²) in [6.45, 7) is 0. The summed E-state index contributed by atoms with van der Waals surface area (Å²) in [7, 11) is 0. The lowest BCUT2D eigenvalue weighted by atomic mass is 10.0. The lowest BCUT2D eigenvalue weighted by molar-refractivity contribution is -0.122. The molecule has 1 aliphatic rings. The van der Waals surface area contributed by atoms with E-state index in [0.717, 1.165) is 6.42 Å². The van der Waals surface area contributed by atoms with E-state index < -0.39 is 0 Å². The van der Waals surface area contributed by atoms with Gasteiger partial charge in [-0.15, -0.1) is 0 Å². The predicted molar refractivity (Wildman–Crippen MR) is 73.2 cm³/mol. The molecule has 0 bridgehead atoms. The van der Waals surface area contributed by atoms with Crippen LogP contribution in [-0.4, -0.2) is 11.8 Å². The van der Waals surface area contributed by atoms with E-state index in [4.69, 9.17) is 0 Å². The largest absolute Gasteiger partial charge is 0.273 e. The van der Waals surface area contributed by atoms with Crippen LogP contribution in [0.15, 0.2) is 30.3 Å². The van der Waals surface area contributed by atoms with E-state index in [1.807, 2.05) is 6.07 Å². The molecule has 2 rings (SSSR count). The highest BCUT2D eigenvalue weighted by atomic mass is 16.2. The van der Waals surface area contributed by atoms with Crippen molar-refractivity contribution in [3.05, 3.63) is 35.9 Å². The van der Waals surface area contributed by atoms with Gasteiger partial charge in [0.25, 0.3) is 5.91 Å². The van der Waals surface area contributed by atoms with Gasteiger partial charge in [-0.1, -0.05) is 43.9 Å². The van der Waals surface area contributed by atoms with Crippen LogP contribution in [0.25, 0.3) is 0 Å². The van der Waals surface area contributed by atoms with E-state index in [0.29, 0.717) is 17.9 Å². The van der Waals surface area contributed by atoms with Crippen LogP contribution >= 0.6 is 0 Å². The smallest absolute Gasteiger partial charge is 0.269 e. The molecule has 0 aromatic heterocycles. The molecule has 0 heterocycles. The number of nitrogens with one attached hydrogen (secondary N) is 2. The number of hydrazine groups is 1. The van der Waals surface area contributed by atoms with Crippen molar-refractivity contribution in [1.82, 2.24) is 10.9 Å². The topological polar surface area (TPSA) is 58.2 Å². The molecule has 4 heteroatoms. The Balaban J connectivity index is 1.67. The second-order valence-corrected chi connectivity index (χ2v) is 5.06. The molecule has 19 heavy (non-hydrogen) atoms. The van der Waals surface area contributed by atoms with Gasteiger partial charge in [0.1, 0.15) is 0 Å². The lowest BCUT2D eigenvalue weighted by Crippen LogP contribution is -2.41. The zero-order valence-electron chi connectivity index (χ0n) is 11.0. The molecule has 1 aromatic carbocycles. The van der Waals surface area contributed by atoms with Gasteiger partial charge in [0.2, 0.25) is 5.91 Å². The highest BCUT2D eigenvalue weighted by Gasteiger charge is 2.16. The first kappa shape index (κ1) is 13.6. The van der Waals surface area contributed by atoms with Crippen molar-refractivity contribution in [1.29, 1.82) is 0 Å². The van der Waals surface area contributed by atoms with Crippen LogP contribution in [0.5, 0.6) is 0 Å². The molecule has 0 saturated heterocycles. The third-order valence-electron chi connectivity index (χ3n) is 3.61. The first-order valence-electron chi connectivity index (χ1n) is 6.90. The second kappa shape index (κ2) is 6.92. The summed E-state index contributed by atoms with van der Waals surface area (Å²) in [6.07, 6.45) is 6.47. The fourth-order valence-corrected chi connectivity index (χ4v) is 2.48. The highest BCUT2D eigenvalue weighted by molar-refractivity contribution is 5.95. The quantitative estimate of drug-likeness (QED) is 0.817. The standard InChI is InChI=1S/C15H20N2O2/c18-14(11-10-12-6-4-5-7-12)16-17-15(19)13-8-2-1-3-9-13/h1-3,8-9,12H,4-7,10-11H2,(H,16,18)(H,17,19). The van der Waals surface area contributed by atoms with E-state index in [-0.39, 0.29) is 11.8 Å². The Bertz CT molecular complexity index is 425. The minimum absolute atomic E-state index is 0.115. The molecule has 0 unspecified atom stereocenters. The fourth-order valence-electron chi connectivity index (χ4n) is 2.48. The monoisotopic (exact) mass is 260 g/mol. The Morgan fingerprint density at radius 3 is 2.42 bits per heavy atom. The number of hydrogen-bond donors (Lipinski definition) is 2. The summed E-state index contributed by atoms with van der Waals surface area (Å²) >= 11 is 0. The molecular formula is C15H20N2O2. The number of hydrogen-bond acceptors (Lipinski definition) is 2. The average Bonchev–Trinajstić information content (AvgIpc) is 2.96. The molecule has 0 spiro atoms. The molecule has 102 valence electrons. The summed E-state index contributed by atoms with van der Waals surface area (Å²) in [6, 6.07) is 8.84. The molecule has 0 radical (unpaired) electrons. The molecule has 1 saturated carbocycles. The first-order valence-corrected chi connectivity index (χ1v) is 6.90. The maximum atomic E-state index is 11.7. The zero-order chi connectivity index (χ0) is 13.5. The van der Waals surface area contributed by atoms with Crippen LogP contribution < -0.4 is 10.9 Å². The minimum Gasteiger partial charge on any atom is -0.273 e. The van der Waals surface area contributed by atoms with Crippen molar-refractivity contribution in [2.45, 2.75) is 38.5 Å². The maximum absolute atomic E-state index is 11.7. The first-order chi connectivity index (χ1) is 9.25. The Kier molecular flexibility index (Phi) is 4.95. The third kappa shape index (κ3) is 4.39. The lowest BCUT2D eigenvalue weighted by Gasteiger charge is -2.10. The summed E-state index contributed by atoms with van der Waals surface area (Å²) in [5.74, 6) is 0.293. The van der Waals surface area contributed by atoms with Crippen LogP contribution in [0.3, 0.4) is 0 Å². The van der Waals surface area contributed by atoms with Crippen LogP contribution in [0.2, 0.25) is 0 Å². The Morgan fingerprint density at radius 2 is 1.74 bits per heavy atom. The van der Waals surface area contributed by atoms with Gasteiger partial charge in [-0.25, -0.2) is 0 Å². The van der Waals surface area contributed by atoms with Crippen molar-refractivity contribution >= 4 is 11.8 Å². The van der Waals surface area contributed by atoms with Gasteiger partial charge in [-0.05, 0) is 24.5 Å². The van der Waals surface area contributed by atoms with Gasteiger partial charge in [0, 0.05) is 12.0 Å². The van der Waals surface area contributed by atoms with E-state index in [1.165, 1.54) is 25.7 Å². The minimum atomic E-state index is -0.283. The van der Waals surface area contributed by atoms with E-state index in [1.54, 1.807) is 24.3 Å². The van der Waals surface area contributed by atoms with Crippen LogP contribution in [0.4, 0.5) is 0 Å². The van der Waals surface area contributed by atoms with E-state index in [2.05, 4.69) is 10.9 Å². The van der Waals surface area contributed by atoms with Crippen LogP contribution in [0, 0.1) is 5.92 Å². The van der Waals surface area contributed by atoms with Crippen LogP contribution in [-0.2, 0) is 4.79 Å². The number of benzene rings is 1. The molecule has 0 aliphatic heterocycles. The molecule has 4 nitrogen and oxygen atoms in total. The zero-order valence-corrected chi connectivity index (χ0v) is 11.0. The normalized spacial score (nSPS) is 15.2. The van der Waals surface area contributed by atoms with Gasteiger partial charge in [0.15, 0.2) is 0 Å². The van der Waals surface area contributed by atoms with Crippen molar-refractivity contribution < 1.29 is 9.59 Å². The summed E-state index contributed by atoms with van der Waals surface area (Å²) in [4.78, 5) is 23.3. The molecule has 1 fully saturated rings. The second-order valence-electron chi connectivity index (χ2n) is 5.06. The molecule has 1 aliphatic carbocycles. The number of carbonyl (C=O) groups is 2. The maximum Gasteiger partial charge on any atom is 0.269 e. The van der Waals surface area contributed by atoms with E-state index in [9.17, 15) is 9.59 Å². The molecule has 2 N–H and O–H groups in total. The van der Waals surface area contributed by atoms with Gasteiger partial charge in [-0.2, -0.15) is 0 Å². The highest BCUT2D eigenvalue weighted by Crippen LogP contribution is 2.28. The molecule has 2 amide bonds. The Hall–Kier alpha value is -1.84. The molecular weight excluding hydrogens is 240 g/mol.